The van der Waals surface area contributed by atoms with Crippen LogP contribution in [-0.2, 0) is 14.9 Å². The lowest BCUT2D eigenvalue weighted by Gasteiger charge is -2.50. The van der Waals surface area contributed by atoms with E-state index >= 15 is 0 Å². The van der Waals surface area contributed by atoms with Crippen LogP contribution in [0.25, 0.3) is 0 Å². The lowest BCUT2D eigenvalue weighted by Crippen LogP contribution is -2.59. The van der Waals surface area contributed by atoms with Crippen molar-refractivity contribution >= 4 is 10.2 Å². The summed E-state index contributed by atoms with van der Waals surface area (Å²) >= 11 is 0. The Labute approximate surface area is 140 Å². The zero-order valence-electron chi connectivity index (χ0n) is 14.3. The molecule has 2 atom stereocenters. The molecule has 1 saturated carbocycles. The van der Waals surface area contributed by atoms with Crippen LogP contribution in [0, 0.1) is 11.8 Å². The third-order valence-electron chi connectivity index (χ3n) is 6.29. The van der Waals surface area contributed by atoms with Gasteiger partial charge in [0.25, 0.3) is 10.2 Å². The van der Waals surface area contributed by atoms with Gasteiger partial charge in [-0.3, -0.25) is 0 Å². The molecule has 0 spiro atoms. The van der Waals surface area contributed by atoms with Crippen molar-refractivity contribution in [3.63, 3.8) is 0 Å². The Balaban J connectivity index is 1.63. The van der Waals surface area contributed by atoms with E-state index in [-0.39, 0.29) is 12.0 Å². The van der Waals surface area contributed by atoms with Crippen LogP contribution >= 0.6 is 0 Å². The maximum atomic E-state index is 12.9. The molecule has 0 aromatic rings. The fourth-order valence-corrected chi connectivity index (χ4v) is 6.02. The summed E-state index contributed by atoms with van der Waals surface area (Å²) in [6.45, 7) is 3.91. The highest BCUT2D eigenvalue weighted by molar-refractivity contribution is 7.86. The summed E-state index contributed by atoms with van der Waals surface area (Å²) < 4.78 is 34.2. The first-order chi connectivity index (χ1) is 10.9. The minimum absolute atomic E-state index is 0.00663. The Hall–Kier alpha value is -0.210. The van der Waals surface area contributed by atoms with Gasteiger partial charge in [0, 0.05) is 33.3 Å². The largest absolute Gasteiger partial charge is 0.389 e. The van der Waals surface area contributed by atoms with Gasteiger partial charge in [0.2, 0.25) is 0 Å². The lowest BCUT2D eigenvalue weighted by molar-refractivity contribution is -0.118. The molecule has 2 saturated heterocycles. The van der Waals surface area contributed by atoms with Crippen LogP contribution in [0.15, 0.2) is 0 Å². The maximum Gasteiger partial charge on any atom is 0.281 e. The molecule has 0 amide bonds. The van der Waals surface area contributed by atoms with Gasteiger partial charge in [-0.25, -0.2) is 0 Å². The summed E-state index contributed by atoms with van der Waals surface area (Å²) in [5.41, 5.74) is -0.673. The zero-order chi connectivity index (χ0) is 16.7. The van der Waals surface area contributed by atoms with Crippen LogP contribution < -0.4 is 0 Å². The first kappa shape index (κ1) is 17.6. The third-order valence-corrected chi connectivity index (χ3v) is 8.29. The van der Waals surface area contributed by atoms with Crippen LogP contribution in [0.5, 0.6) is 0 Å². The Morgan fingerprint density at radius 3 is 2.22 bits per heavy atom. The van der Waals surface area contributed by atoms with E-state index in [1.165, 1.54) is 6.42 Å². The molecule has 0 unspecified atom stereocenters. The summed E-state index contributed by atoms with van der Waals surface area (Å²) in [6.07, 6.45) is 5.60. The van der Waals surface area contributed by atoms with Gasteiger partial charge in [-0.15, -0.1) is 0 Å². The monoisotopic (exact) mass is 346 g/mol. The molecular weight excluding hydrogens is 316 g/mol. The van der Waals surface area contributed by atoms with Gasteiger partial charge in [0.1, 0.15) is 0 Å². The highest BCUT2D eigenvalue weighted by Crippen LogP contribution is 2.45. The van der Waals surface area contributed by atoms with Crippen LogP contribution in [0.4, 0.5) is 0 Å². The molecule has 3 aliphatic rings. The molecule has 0 aromatic carbocycles. The van der Waals surface area contributed by atoms with E-state index in [2.05, 4.69) is 0 Å². The van der Waals surface area contributed by atoms with Gasteiger partial charge in [0.05, 0.1) is 11.7 Å². The van der Waals surface area contributed by atoms with Crippen molar-refractivity contribution in [1.29, 1.82) is 0 Å². The number of piperidine rings is 2. The highest BCUT2D eigenvalue weighted by Gasteiger charge is 2.49. The van der Waals surface area contributed by atoms with Crippen molar-refractivity contribution in [1.82, 2.24) is 8.61 Å². The smallest absolute Gasteiger partial charge is 0.281 e. The van der Waals surface area contributed by atoms with E-state index < -0.39 is 15.8 Å². The number of nitrogens with zero attached hydrogens (tertiary/aromatic N) is 2. The minimum Gasteiger partial charge on any atom is -0.389 e. The predicted octanol–water partition coefficient (Wildman–Crippen LogP) is 1.22. The molecule has 7 heteroatoms. The standard InChI is InChI=1S/C16H30N2O4S/c1-13-12-18(11-8-16(13,19)14-4-3-5-14)23(20,21)17-9-6-15(22-2)7-10-17/h13-15,19H,3-12H2,1-2H3/t13-,16+/m1/s1. The molecule has 23 heavy (non-hydrogen) atoms. The van der Waals surface area contributed by atoms with Crippen molar-refractivity contribution in [2.24, 2.45) is 11.8 Å². The topological polar surface area (TPSA) is 70.1 Å². The highest BCUT2D eigenvalue weighted by atomic mass is 32.2. The molecule has 2 heterocycles. The normalized spacial score (nSPS) is 36.0. The molecule has 134 valence electrons. The van der Waals surface area contributed by atoms with Crippen molar-refractivity contribution in [3.8, 4) is 0 Å². The summed E-state index contributed by atoms with van der Waals surface area (Å²) in [4.78, 5) is 0. The van der Waals surface area contributed by atoms with Gasteiger partial charge in [0.15, 0.2) is 0 Å². The van der Waals surface area contributed by atoms with Crippen LogP contribution in [0.3, 0.4) is 0 Å². The number of hydrogen-bond donors (Lipinski definition) is 1. The molecule has 2 aliphatic heterocycles. The molecule has 1 aliphatic carbocycles. The van der Waals surface area contributed by atoms with Gasteiger partial charge in [-0.05, 0) is 43.9 Å². The quantitative estimate of drug-likeness (QED) is 0.831. The Kier molecular flexibility index (Phi) is 5.05. The maximum absolute atomic E-state index is 12.9. The number of rotatable bonds is 4. The molecule has 0 bridgehead atoms. The van der Waals surface area contributed by atoms with Crippen molar-refractivity contribution in [2.45, 2.75) is 57.2 Å². The van der Waals surface area contributed by atoms with Crippen LogP contribution in [0.1, 0.15) is 45.4 Å². The second-order valence-electron chi connectivity index (χ2n) is 7.47. The Morgan fingerprint density at radius 1 is 1.09 bits per heavy atom. The molecule has 3 rings (SSSR count). The molecule has 6 nitrogen and oxygen atoms in total. The lowest BCUT2D eigenvalue weighted by atomic mass is 9.65. The van der Waals surface area contributed by atoms with E-state index in [0.29, 0.717) is 38.5 Å². The molecule has 3 fully saturated rings. The van der Waals surface area contributed by atoms with E-state index in [0.717, 1.165) is 25.7 Å². The Morgan fingerprint density at radius 2 is 1.74 bits per heavy atom. The molecule has 0 aromatic heterocycles. The summed E-state index contributed by atoms with van der Waals surface area (Å²) in [5, 5.41) is 11.0. The zero-order valence-corrected chi connectivity index (χ0v) is 15.1. The SMILES string of the molecule is COC1CCN(S(=O)(=O)N2CC[C@@](O)(C3CCC3)[C@H](C)C2)CC1. The van der Waals surface area contributed by atoms with Crippen molar-refractivity contribution in [2.75, 3.05) is 33.3 Å². The summed E-state index contributed by atoms with van der Waals surface area (Å²) in [5.74, 6) is 0.354. The Bertz CT molecular complexity index is 514. The van der Waals surface area contributed by atoms with Crippen molar-refractivity contribution < 1.29 is 18.3 Å². The first-order valence-electron chi connectivity index (χ1n) is 8.88. The number of methoxy groups -OCH3 is 1. The van der Waals surface area contributed by atoms with Crippen LogP contribution in [-0.4, -0.2) is 67.1 Å². The van der Waals surface area contributed by atoms with Crippen molar-refractivity contribution in [3.05, 3.63) is 0 Å². The minimum atomic E-state index is -3.41. The summed E-state index contributed by atoms with van der Waals surface area (Å²) in [6, 6.07) is 0. The number of hydrogen-bond acceptors (Lipinski definition) is 4. The van der Waals surface area contributed by atoms with E-state index in [1.807, 2.05) is 6.92 Å². The van der Waals surface area contributed by atoms with Gasteiger partial charge < -0.3 is 9.84 Å². The second kappa shape index (κ2) is 6.59. The van der Waals surface area contributed by atoms with Crippen LogP contribution in [0.2, 0.25) is 0 Å². The number of ether oxygens (including phenoxy) is 1. The predicted molar refractivity (Wildman–Crippen MR) is 88.2 cm³/mol. The summed E-state index contributed by atoms with van der Waals surface area (Å²) in [7, 11) is -1.73. The third kappa shape index (κ3) is 3.18. The molecule has 1 N–H and O–H groups in total. The second-order valence-corrected chi connectivity index (χ2v) is 9.40. The molecular formula is C16H30N2O4S. The average molecular weight is 346 g/mol. The fraction of sp³-hybridized carbons (Fsp3) is 1.00. The number of aliphatic hydroxyl groups is 1. The van der Waals surface area contributed by atoms with Gasteiger partial charge in [-0.2, -0.15) is 17.0 Å². The fourth-order valence-electron chi connectivity index (χ4n) is 4.29. The van der Waals surface area contributed by atoms with Gasteiger partial charge >= 0.3 is 0 Å². The van der Waals surface area contributed by atoms with E-state index in [4.69, 9.17) is 4.74 Å². The van der Waals surface area contributed by atoms with Gasteiger partial charge in [-0.1, -0.05) is 13.3 Å². The first-order valence-corrected chi connectivity index (χ1v) is 10.3. The van der Waals surface area contributed by atoms with E-state index in [9.17, 15) is 13.5 Å². The molecule has 0 radical (unpaired) electrons. The average Bonchev–Trinajstić information content (AvgIpc) is 2.48. The van der Waals surface area contributed by atoms with E-state index in [1.54, 1.807) is 15.7 Å².